The van der Waals surface area contributed by atoms with Crippen molar-refractivity contribution in [3.63, 3.8) is 0 Å². The summed E-state index contributed by atoms with van der Waals surface area (Å²) in [6.07, 6.45) is 33.8. The summed E-state index contributed by atoms with van der Waals surface area (Å²) in [5.74, 6) is 6.20. The highest BCUT2D eigenvalue weighted by molar-refractivity contribution is 6.33. The minimum atomic E-state index is -0.145. The molecule has 9 aromatic heterocycles. The zero-order valence-corrected chi connectivity index (χ0v) is 84.2. The zero-order valence-electron chi connectivity index (χ0n) is 83.5. The largest absolute Gasteiger partial charge is 0.497 e. The molecule has 2 saturated heterocycles. The maximum absolute atomic E-state index is 13.1. The molecule has 37 heteroatoms. The van der Waals surface area contributed by atoms with E-state index in [-0.39, 0.29) is 24.3 Å². The molecule has 2 aliphatic heterocycles. The van der Waals surface area contributed by atoms with Crippen LogP contribution in [0.1, 0.15) is 57.7 Å². The van der Waals surface area contributed by atoms with Crippen molar-refractivity contribution in [1.29, 1.82) is 0 Å². The number of imidazole rings is 1. The highest BCUT2D eigenvalue weighted by atomic mass is 35.5. The summed E-state index contributed by atoms with van der Waals surface area (Å²) >= 11 is 6.68. The van der Waals surface area contributed by atoms with Crippen molar-refractivity contribution in [2.75, 3.05) is 154 Å². The fraction of sp³-hybridized carbons (Fsp3) is 0.324. The number of aromatic amines is 1. The van der Waals surface area contributed by atoms with Gasteiger partial charge in [-0.3, -0.25) is 48.3 Å². The summed E-state index contributed by atoms with van der Waals surface area (Å²) < 4.78 is 51.2. The lowest BCUT2D eigenvalue weighted by Gasteiger charge is -2.33. The number of carbonyl (C=O) groups excluding carboxylic acids is 2. The van der Waals surface area contributed by atoms with E-state index >= 15 is 0 Å². The summed E-state index contributed by atoms with van der Waals surface area (Å²) in [6.45, 7) is 12.2. The molecule has 1 amide bonds. The molecule has 20 rings (SSSR count). The first kappa shape index (κ1) is 101. The molecule has 145 heavy (non-hydrogen) atoms. The van der Waals surface area contributed by atoms with E-state index in [4.69, 9.17) is 75.2 Å². The van der Waals surface area contributed by atoms with Crippen LogP contribution in [0.5, 0.6) is 40.2 Å². The number of piperidine rings is 1. The van der Waals surface area contributed by atoms with E-state index in [2.05, 4.69) is 117 Å². The van der Waals surface area contributed by atoms with E-state index in [0.29, 0.717) is 77.9 Å². The van der Waals surface area contributed by atoms with Crippen LogP contribution in [0.15, 0.2) is 232 Å². The Bertz CT molecular complexity index is 7220. The minimum Gasteiger partial charge on any atom is -0.497 e. The van der Waals surface area contributed by atoms with Crippen molar-refractivity contribution in [2.24, 2.45) is 45.8 Å². The van der Waals surface area contributed by atoms with Gasteiger partial charge in [0.15, 0.2) is 0 Å². The molecule has 4 N–H and O–H groups in total. The van der Waals surface area contributed by atoms with E-state index in [9.17, 15) is 9.59 Å². The number of methoxy groups -OCH3 is 6. The van der Waals surface area contributed by atoms with E-state index in [1.165, 1.54) is 38.8 Å². The molecule has 0 radical (unpaired) electrons. The molecular formula is C108H121ClN26O10. The smallest absolute Gasteiger partial charge is 0.309 e. The van der Waals surface area contributed by atoms with E-state index in [0.717, 1.165) is 212 Å². The average molecular weight is 1980 g/mol. The van der Waals surface area contributed by atoms with Gasteiger partial charge in [0.1, 0.15) is 59.2 Å². The van der Waals surface area contributed by atoms with Crippen molar-refractivity contribution < 1.29 is 47.5 Å². The van der Waals surface area contributed by atoms with Crippen LogP contribution in [-0.4, -0.2) is 245 Å². The van der Waals surface area contributed by atoms with Crippen molar-refractivity contribution in [1.82, 2.24) is 104 Å². The van der Waals surface area contributed by atoms with Gasteiger partial charge in [0.05, 0.1) is 182 Å². The SMILES string of the molecule is CCOC(=O)C1CCN(CCN(c2cc(OC)cc(OC)c2)c2ccc3ncc(-c4cnn(C)c4)nc3c2)CC1.COc1cc(OC)cc(N(CC(=O)NCCc2ncc[nH]2)c2ccc3ncc(-c4cnn(C)c4)nc3c2)c1.COc1cc(OCCN)cc(N(CC2CC2)c2ccc3ncc(-c4cnn(C)c4)nc3c2)c1.COc1ccc(Cl)c(N(CCCN2CCCC2)c2ccc3ncc(-c4cnn(C)c4)nc3c2)c1. The van der Waals surface area contributed by atoms with E-state index in [1.807, 2.05) is 168 Å². The number of carbonyl (C=O) groups is 2. The number of nitrogens with one attached hydrogen (secondary N) is 2. The van der Waals surface area contributed by atoms with Crippen LogP contribution >= 0.6 is 11.6 Å². The number of fused-ring (bicyclic) bond motifs is 4. The third kappa shape index (κ3) is 26.0. The molecule has 0 spiro atoms. The molecule has 11 heterocycles. The van der Waals surface area contributed by atoms with Crippen LogP contribution in [0.3, 0.4) is 0 Å². The van der Waals surface area contributed by atoms with Gasteiger partial charge in [-0.15, -0.1) is 0 Å². The molecule has 0 bridgehead atoms. The van der Waals surface area contributed by atoms with Crippen LogP contribution < -0.4 is 63.8 Å². The van der Waals surface area contributed by atoms with Gasteiger partial charge in [-0.2, -0.15) is 20.4 Å². The lowest BCUT2D eigenvalue weighted by Crippen LogP contribution is -2.40. The number of likely N-dealkylation sites (tertiary alicyclic amines) is 2. The first-order valence-corrected chi connectivity index (χ1v) is 48.9. The Balaban J connectivity index is 0.000000133. The normalized spacial score (nSPS) is 13.1. The topological polar surface area (TPSA) is 369 Å². The predicted molar refractivity (Wildman–Crippen MR) is 564 cm³/mol. The number of hydrogen-bond acceptors (Lipinski definition) is 30. The predicted octanol–water partition coefficient (Wildman–Crippen LogP) is 17.0. The third-order valence-corrected chi connectivity index (χ3v) is 25.8. The van der Waals surface area contributed by atoms with Gasteiger partial charge in [0, 0.05) is 234 Å². The van der Waals surface area contributed by atoms with Crippen molar-refractivity contribution >= 4 is 113 Å². The minimum absolute atomic E-state index is 0.0111. The van der Waals surface area contributed by atoms with Crippen LogP contribution in [0.2, 0.25) is 5.02 Å². The molecule has 0 atom stereocenters. The number of amides is 1. The quantitative estimate of drug-likeness (QED) is 0.0304. The first-order valence-electron chi connectivity index (χ1n) is 48.5. The Morgan fingerprint density at radius 2 is 0.862 bits per heavy atom. The number of benzene rings is 8. The second-order valence-corrected chi connectivity index (χ2v) is 36.0. The number of aryl methyl sites for hydroxylation is 4. The third-order valence-electron chi connectivity index (χ3n) is 25.5. The molecule has 17 aromatic rings. The molecule has 1 saturated carbocycles. The second kappa shape index (κ2) is 47.8. The zero-order chi connectivity index (χ0) is 101. The fourth-order valence-corrected chi connectivity index (χ4v) is 17.8. The number of aromatic nitrogens is 18. The highest BCUT2D eigenvalue weighted by Crippen LogP contribution is 2.43. The number of rotatable bonds is 37. The number of anilines is 8. The number of halogens is 1. The van der Waals surface area contributed by atoms with Gasteiger partial charge >= 0.3 is 5.97 Å². The molecule has 3 aliphatic rings. The highest BCUT2D eigenvalue weighted by Gasteiger charge is 2.30. The van der Waals surface area contributed by atoms with Crippen LogP contribution in [0.4, 0.5) is 45.5 Å². The monoisotopic (exact) mass is 1980 g/mol. The maximum atomic E-state index is 13.1. The number of nitrogens with two attached hydrogens (primary N) is 1. The molecule has 750 valence electrons. The van der Waals surface area contributed by atoms with Gasteiger partial charge in [0.2, 0.25) is 5.91 Å². The Morgan fingerprint density at radius 1 is 0.441 bits per heavy atom. The van der Waals surface area contributed by atoms with Crippen molar-refractivity contribution in [2.45, 2.75) is 58.3 Å². The summed E-state index contributed by atoms with van der Waals surface area (Å²) in [5, 5.41) is 20.7. The summed E-state index contributed by atoms with van der Waals surface area (Å²) in [7, 11) is 17.4. The Hall–Kier alpha value is -15.9. The molecule has 0 unspecified atom stereocenters. The van der Waals surface area contributed by atoms with Gasteiger partial charge < -0.3 is 83.3 Å². The Labute approximate surface area is 846 Å². The number of hydrogen-bond donors (Lipinski definition) is 3. The fourth-order valence-electron chi connectivity index (χ4n) is 17.6. The number of ether oxygens (including phenoxy) is 8. The summed E-state index contributed by atoms with van der Waals surface area (Å²) in [5.41, 5.74) is 26.3. The van der Waals surface area contributed by atoms with Gasteiger partial charge in [-0.25, -0.2) is 24.9 Å². The summed E-state index contributed by atoms with van der Waals surface area (Å²) in [4.78, 5) is 84.1. The maximum Gasteiger partial charge on any atom is 0.309 e. The summed E-state index contributed by atoms with van der Waals surface area (Å²) in [6, 6.07) is 47.5. The number of esters is 1. The van der Waals surface area contributed by atoms with Crippen LogP contribution in [0, 0.1) is 11.8 Å². The lowest BCUT2D eigenvalue weighted by atomic mass is 9.97. The first-order chi connectivity index (χ1) is 70.7. The van der Waals surface area contributed by atoms with E-state index < -0.39 is 0 Å². The van der Waals surface area contributed by atoms with Gasteiger partial charge in [0.25, 0.3) is 0 Å². The lowest BCUT2D eigenvalue weighted by molar-refractivity contribution is -0.149. The number of H-pyrrole nitrogens is 1. The van der Waals surface area contributed by atoms with E-state index in [1.54, 1.807) is 129 Å². The number of nitrogens with zero attached hydrogens (tertiary/aromatic N) is 23. The second-order valence-electron chi connectivity index (χ2n) is 35.6. The van der Waals surface area contributed by atoms with Gasteiger partial charge in [-0.05, 0) is 175 Å². The Morgan fingerprint density at radius 3 is 1.28 bits per heavy atom. The molecular weight excluding hydrogens is 1860 g/mol. The molecule has 8 aromatic carbocycles. The van der Waals surface area contributed by atoms with Crippen LogP contribution in [-0.2, 0) is 48.9 Å². The van der Waals surface area contributed by atoms with Gasteiger partial charge in [-0.1, -0.05) is 11.6 Å². The molecule has 3 fully saturated rings. The molecule has 1 aliphatic carbocycles. The van der Waals surface area contributed by atoms with Crippen molar-refractivity contribution in [3.05, 3.63) is 243 Å². The van der Waals surface area contributed by atoms with Crippen LogP contribution in [0.25, 0.3) is 89.2 Å². The standard InChI is InChI=1S/C30H36N6O4.C27H28N8O3.C26H29ClN6O.C25H28N6O2/c1-5-40-30(37)21-8-10-35(11-9-21)12-13-36(24-14-25(38-3)17-26(15-24)39-4)23-6-7-27-28(16-23)33-29(19-31-27)22-18-32-34(2)20-22;1-34-16-18(14-32-34)25-15-31-23-5-4-19(12-24(23)33-25)35(20-10-21(37-2)13-22(11-20)38-3)17-27(36)30-7-6-26-28-8-9-29-26;1-31-18-19(16-29-31)25-17-28-23-9-6-20(14-24(23)30-25)33(13-5-12-32-10-3-4-11-32)26-15-21(34-2)7-8-22(26)27;1-30-16-18(13-28-30)25-14-27-23-6-5-19(11-24(23)29-25)31(15-17-3-4-17)20-9-21(32-2)12-22(10-20)33-8-7-26/h6-7,14-21H,5,8-13H2,1-4H3;4-5,8-16H,6-7,17H2,1-3H3,(H,28,29)(H,30,36);6-9,14-18H,3-5,10-13H2,1-2H3;5-6,9-14,16-17H,3-4,7-8,15,26H2,1-2H3. The van der Waals surface area contributed by atoms with Crippen molar-refractivity contribution in [3.8, 4) is 85.3 Å². The Kier molecular flexibility index (Phi) is 33.1. The molecule has 36 nitrogen and oxygen atoms in total. The average Bonchev–Trinajstić information content (AvgIpc) is 1.77.